The van der Waals surface area contributed by atoms with E-state index in [1.807, 2.05) is 32.9 Å². The van der Waals surface area contributed by atoms with Crippen molar-refractivity contribution in [1.29, 1.82) is 0 Å². The lowest BCUT2D eigenvalue weighted by molar-refractivity contribution is 0.0502. The topological polar surface area (TPSA) is 64.6 Å². The van der Waals surface area contributed by atoms with Gasteiger partial charge in [0.15, 0.2) is 0 Å². The molecule has 1 aliphatic rings. The average Bonchev–Trinajstić information content (AvgIpc) is 2.78. The number of esters is 1. The van der Waals surface area contributed by atoms with Gasteiger partial charge in [-0.1, -0.05) is 6.07 Å². The molecular weight excluding hydrogens is 270 g/mol. The summed E-state index contributed by atoms with van der Waals surface area (Å²) in [7, 11) is 1.36. The molecule has 0 unspecified atom stereocenters. The minimum Gasteiger partial charge on any atom is -0.465 e. The molecule has 0 saturated heterocycles. The Balaban J connectivity index is 2.09. The maximum Gasteiger partial charge on any atom is 0.408 e. The van der Waals surface area contributed by atoms with Gasteiger partial charge in [-0.3, -0.25) is 0 Å². The Bertz CT molecular complexity index is 560. The van der Waals surface area contributed by atoms with E-state index in [1.165, 1.54) is 7.11 Å². The highest BCUT2D eigenvalue weighted by Crippen LogP contribution is 2.32. The van der Waals surface area contributed by atoms with Gasteiger partial charge in [-0.05, 0) is 56.9 Å². The van der Waals surface area contributed by atoms with E-state index in [2.05, 4.69) is 5.32 Å². The van der Waals surface area contributed by atoms with Crippen LogP contribution in [0.15, 0.2) is 18.2 Å². The zero-order valence-corrected chi connectivity index (χ0v) is 12.9. The second kappa shape index (κ2) is 5.76. The summed E-state index contributed by atoms with van der Waals surface area (Å²) in [5.41, 5.74) is 2.13. The second-order valence-electron chi connectivity index (χ2n) is 6.14. The number of benzene rings is 1. The van der Waals surface area contributed by atoms with E-state index in [9.17, 15) is 9.59 Å². The number of carbonyl (C=O) groups is 2. The molecule has 1 aromatic carbocycles. The molecule has 0 radical (unpaired) electrons. The number of aryl methyl sites for hydroxylation is 1. The van der Waals surface area contributed by atoms with Crippen molar-refractivity contribution in [2.75, 3.05) is 7.11 Å². The van der Waals surface area contributed by atoms with E-state index in [4.69, 9.17) is 9.47 Å². The fourth-order valence-electron chi connectivity index (χ4n) is 2.46. The monoisotopic (exact) mass is 291 g/mol. The van der Waals surface area contributed by atoms with Crippen LogP contribution in [0.2, 0.25) is 0 Å². The summed E-state index contributed by atoms with van der Waals surface area (Å²) in [5, 5.41) is 2.88. The number of hydrogen-bond donors (Lipinski definition) is 1. The minimum atomic E-state index is -0.514. The molecule has 0 aromatic heterocycles. The van der Waals surface area contributed by atoms with Gasteiger partial charge in [-0.2, -0.15) is 0 Å². The Labute approximate surface area is 124 Å². The summed E-state index contributed by atoms with van der Waals surface area (Å²) in [4.78, 5) is 23.4. The first kappa shape index (κ1) is 15.4. The molecule has 1 amide bonds. The van der Waals surface area contributed by atoms with Gasteiger partial charge in [-0.15, -0.1) is 0 Å². The van der Waals surface area contributed by atoms with Crippen molar-refractivity contribution < 1.29 is 19.1 Å². The van der Waals surface area contributed by atoms with Gasteiger partial charge in [0.05, 0.1) is 18.7 Å². The maximum absolute atomic E-state index is 11.8. The highest BCUT2D eigenvalue weighted by Gasteiger charge is 2.27. The van der Waals surface area contributed by atoms with E-state index in [0.717, 1.165) is 24.0 Å². The lowest BCUT2D eigenvalue weighted by Crippen LogP contribution is -2.34. The zero-order valence-electron chi connectivity index (χ0n) is 12.9. The molecule has 114 valence electrons. The van der Waals surface area contributed by atoms with Crippen LogP contribution in [0, 0.1) is 0 Å². The molecule has 0 aliphatic heterocycles. The molecule has 1 aliphatic carbocycles. The molecule has 5 heteroatoms. The molecule has 5 nitrogen and oxygen atoms in total. The van der Waals surface area contributed by atoms with Crippen LogP contribution in [-0.2, 0) is 15.9 Å². The Morgan fingerprint density at radius 2 is 2.00 bits per heavy atom. The molecule has 2 rings (SSSR count). The van der Waals surface area contributed by atoms with Crippen LogP contribution in [0.1, 0.15) is 54.7 Å². The lowest BCUT2D eigenvalue weighted by atomic mass is 10.0. The van der Waals surface area contributed by atoms with Crippen molar-refractivity contribution in [3.05, 3.63) is 34.9 Å². The SMILES string of the molecule is COC(=O)c1ccc2c(c1)CC[C@@H]2NC(=O)OC(C)(C)C. The van der Waals surface area contributed by atoms with E-state index >= 15 is 0 Å². The van der Waals surface area contributed by atoms with E-state index < -0.39 is 11.7 Å². The third-order valence-corrected chi connectivity index (χ3v) is 3.33. The highest BCUT2D eigenvalue weighted by atomic mass is 16.6. The number of alkyl carbamates (subject to hydrolysis) is 1. The predicted molar refractivity (Wildman–Crippen MR) is 78.2 cm³/mol. The summed E-state index contributed by atoms with van der Waals surface area (Å²) < 4.78 is 9.98. The molecule has 0 spiro atoms. The quantitative estimate of drug-likeness (QED) is 0.851. The first-order chi connectivity index (χ1) is 9.80. The van der Waals surface area contributed by atoms with Crippen LogP contribution >= 0.6 is 0 Å². The maximum atomic E-state index is 11.8. The van der Waals surface area contributed by atoms with Gasteiger partial charge in [0.1, 0.15) is 5.60 Å². The van der Waals surface area contributed by atoms with Gasteiger partial charge < -0.3 is 14.8 Å². The van der Waals surface area contributed by atoms with Gasteiger partial charge in [0.25, 0.3) is 0 Å². The minimum absolute atomic E-state index is 0.0680. The molecule has 0 bridgehead atoms. The molecule has 1 atom stereocenters. The number of fused-ring (bicyclic) bond motifs is 1. The number of carbonyl (C=O) groups excluding carboxylic acids is 2. The van der Waals surface area contributed by atoms with E-state index in [-0.39, 0.29) is 12.0 Å². The first-order valence-corrected chi connectivity index (χ1v) is 7.01. The number of methoxy groups -OCH3 is 1. The lowest BCUT2D eigenvalue weighted by Gasteiger charge is -2.22. The van der Waals surface area contributed by atoms with Crippen molar-refractivity contribution in [1.82, 2.24) is 5.32 Å². The third-order valence-electron chi connectivity index (χ3n) is 3.33. The fourth-order valence-corrected chi connectivity index (χ4v) is 2.46. The number of amides is 1. The summed E-state index contributed by atoms with van der Waals surface area (Å²) in [5.74, 6) is -0.346. The number of ether oxygens (including phenoxy) is 2. The molecule has 1 aromatic rings. The van der Waals surface area contributed by atoms with E-state index in [0.29, 0.717) is 5.56 Å². The molecule has 0 saturated carbocycles. The summed E-state index contributed by atoms with van der Waals surface area (Å²) in [6.07, 6.45) is 1.21. The summed E-state index contributed by atoms with van der Waals surface area (Å²) in [6.45, 7) is 5.49. The van der Waals surface area contributed by atoms with Crippen molar-refractivity contribution in [2.45, 2.75) is 45.3 Å². The van der Waals surface area contributed by atoms with Crippen LogP contribution in [0.5, 0.6) is 0 Å². The first-order valence-electron chi connectivity index (χ1n) is 7.01. The third kappa shape index (κ3) is 3.74. The predicted octanol–water partition coefficient (Wildman–Crippen LogP) is 2.99. The van der Waals surface area contributed by atoms with Crippen LogP contribution in [0.3, 0.4) is 0 Å². The largest absolute Gasteiger partial charge is 0.465 e. The number of hydrogen-bond acceptors (Lipinski definition) is 4. The zero-order chi connectivity index (χ0) is 15.6. The van der Waals surface area contributed by atoms with Crippen LogP contribution in [0.25, 0.3) is 0 Å². The molecule has 0 fully saturated rings. The van der Waals surface area contributed by atoms with Gasteiger partial charge >= 0.3 is 12.1 Å². The Morgan fingerprint density at radius 1 is 1.29 bits per heavy atom. The highest BCUT2D eigenvalue weighted by molar-refractivity contribution is 5.89. The summed E-state index contributed by atoms with van der Waals surface area (Å²) in [6, 6.07) is 5.36. The second-order valence-corrected chi connectivity index (χ2v) is 6.14. The Morgan fingerprint density at radius 3 is 2.62 bits per heavy atom. The summed E-state index contributed by atoms with van der Waals surface area (Å²) >= 11 is 0. The fraction of sp³-hybridized carbons (Fsp3) is 0.500. The molecule has 1 N–H and O–H groups in total. The molecule has 21 heavy (non-hydrogen) atoms. The van der Waals surface area contributed by atoms with Crippen LogP contribution < -0.4 is 5.32 Å². The van der Waals surface area contributed by atoms with Gasteiger partial charge in [0, 0.05) is 0 Å². The standard InChI is InChI=1S/C16H21NO4/c1-16(2,3)21-15(19)17-13-8-6-10-9-11(14(18)20-4)5-7-12(10)13/h5,7,9,13H,6,8H2,1-4H3,(H,17,19)/t13-/m0/s1. The van der Waals surface area contributed by atoms with Crippen LogP contribution in [-0.4, -0.2) is 24.8 Å². The van der Waals surface area contributed by atoms with Gasteiger partial charge in [0.2, 0.25) is 0 Å². The number of nitrogens with one attached hydrogen (secondary N) is 1. The average molecular weight is 291 g/mol. The van der Waals surface area contributed by atoms with Crippen LogP contribution in [0.4, 0.5) is 4.79 Å². The Hall–Kier alpha value is -2.04. The normalized spacial score (nSPS) is 17.0. The smallest absolute Gasteiger partial charge is 0.408 e. The van der Waals surface area contributed by atoms with E-state index in [1.54, 1.807) is 6.07 Å². The van der Waals surface area contributed by atoms with Gasteiger partial charge in [-0.25, -0.2) is 9.59 Å². The molecular formula is C16H21NO4. The van der Waals surface area contributed by atoms with Crippen molar-refractivity contribution in [2.24, 2.45) is 0 Å². The molecule has 0 heterocycles. The van der Waals surface area contributed by atoms with Crippen molar-refractivity contribution >= 4 is 12.1 Å². The van der Waals surface area contributed by atoms with Crippen molar-refractivity contribution in [3.8, 4) is 0 Å². The number of rotatable bonds is 2. The van der Waals surface area contributed by atoms with Crippen molar-refractivity contribution in [3.63, 3.8) is 0 Å². The Kier molecular flexibility index (Phi) is 4.21.